The minimum absolute atomic E-state index is 0.779. The molecule has 2 saturated carbocycles. The summed E-state index contributed by atoms with van der Waals surface area (Å²) in [6.45, 7) is 2.31. The highest BCUT2D eigenvalue weighted by atomic mass is 14.4. The Morgan fingerprint density at radius 1 is 0.700 bits per heavy atom. The SMILES string of the molecule is CCCCCCCC[C@H]1CC[C@H]([C@H]2CC[C@H](CCc3ccc(C#N)cc3)CC2)CC1. The van der Waals surface area contributed by atoms with Crippen LogP contribution in [0.5, 0.6) is 0 Å². The molecule has 0 N–H and O–H groups in total. The van der Waals surface area contributed by atoms with Gasteiger partial charge in [-0.05, 0) is 79.9 Å². The van der Waals surface area contributed by atoms with E-state index in [1.54, 1.807) is 0 Å². The average Bonchev–Trinajstić information content (AvgIpc) is 2.81. The zero-order valence-electron chi connectivity index (χ0n) is 19.6. The number of hydrogen-bond donors (Lipinski definition) is 0. The zero-order valence-corrected chi connectivity index (χ0v) is 19.6. The molecule has 1 aromatic rings. The van der Waals surface area contributed by atoms with Crippen LogP contribution in [0.15, 0.2) is 24.3 Å². The maximum absolute atomic E-state index is 8.93. The fourth-order valence-corrected chi connectivity index (χ4v) is 6.23. The molecular weight excluding hydrogens is 362 g/mol. The molecule has 1 heteroatoms. The highest BCUT2D eigenvalue weighted by Crippen LogP contribution is 2.43. The molecule has 0 radical (unpaired) electrons. The van der Waals surface area contributed by atoms with Crippen molar-refractivity contribution in [2.24, 2.45) is 23.7 Å². The maximum Gasteiger partial charge on any atom is 0.0991 e. The van der Waals surface area contributed by atoms with Crippen molar-refractivity contribution in [3.8, 4) is 6.07 Å². The van der Waals surface area contributed by atoms with E-state index in [1.165, 1.54) is 115 Å². The van der Waals surface area contributed by atoms with Crippen LogP contribution in [0.25, 0.3) is 0 Å². The lowest BCUT2D eigenvalue weighted by atomic mass is 9.68. The van der Waals surface area contributed by atoms with Crippen LogP contribution in [0, 0.1) is 35.0 Å². The molecule has 2 fully saturated rings. The van der Waals surface area contributed by atoms with E-state index in [4.69, 9.17) is 5.26 Å². The van der Waals surface area contributed by atoms with Crippen molar-refractivity contribution in [2.75, 3.05) is 0 Å². The van der Waals surface area contributed by atoms with Crippen LogP contribution in [0.4, 0.5) is 0 Å². The molecule has 1 nitrogen and oxygen atoms in total. The van der Waals surface area contributed by atoms with Gasteiger partial charge in [-0.15, -0.1) is 0 Å². The van der Waals surface area contributed by atoms with Crippen LogP contribution < -0.4 is 0 Å². The fraction of sp³-hybridized carbons (Fsp3) is 0.759. The van der Waals surface area contributed by atoms with Gasteiger partial charge in [0.15, 0.2) is 0 Å². The summed E-state index contributed by atoms with van der Waals surface area (Å²) in [6, 6.07) is 10.4. The molecule has 0 spiro atoms. The molecule has 3 rings (SSSR count). The summed E-state index contributed by atoms with van der Waals surface area (Å²) < 4.78 is 0. The quantitative estimate of drug-likeness (QED) is 0.336. The van der Waals surface area contributed by atoms with E-state index in [-0.39, 0.29) is 0 Å². The molecule has 30 heavy (non-hydrogen) atoms. The highest BCUT2D eigenvalue weighted by molar-refractivity contribution is 5.31. The predicted octanol–water partition coefficient (Wildman–Crippen LogP) is 8.85. The summed E-state index contributed by atoms with van der Waals surface area (Å²) in [5, 5.41) is 8.93. The van der Waals surface area contributed by atoms with E-state index in [2.05, 4.69) is 25.1 Å². The first-order chi connectivity index (χ1) is 14.8. The van der Waals surface area contributed by atoms with E-state index in [1.807, 2.05) is 12.1 Å². The van der Waals surface area contributed by atoms with Gasteiger partial charge in [-0.3, -0.25) is 0 Å². The second-order valence-corrected chi connectivity index (χ2v) is 10.5. The van der Waals surface area contributed by atoms with E-state index >= 15 is 0 Å². The third-order valence-corrected chi connectivity index (χ3v) is 8.34. The van der Waals surface area contributed by atoms with Crippen molar-refractivity contribution in [3.63, 3.8) is 0 Å². The topological polar surface area (TPSA) is 23.8 Å². The Morgan fingerprint density at radius 2 is 1.23 bits per heavy atom. The summed E-state index contributed by atoms with van der Waals surface area (Å²) in [5.41, 5.74) is 2.18. The van der Waals surface area contributed by atoms with E-state index in [0.29, 0.717) is 0 Å². The second-order valence-electron chi connectivity index (χ2n) is 10.5. The first-order valence-corrected chi connectivity index (χ1v) is 13.3. The standard InChI is InChI=1S/C29H45N/c1-2-3-4-5-6-7-8-24-15-19-28(20-16-24)29-21-17-26(18-22-29)10-9-25-11-13-27(23-30)14-12-25/h11-14,24,26,28-29H,2-10,15-22H2,1H3/t24-,26-,28-,29-. The van der Waals surface area contributed by atoms with Crippen molar-refractivity contribution < 1.29 is 0 Å². The van der Waals surface area contributed by atoms with Crippen LogP contribution in [-0.4, -0.2) is 0 Å². The molecule has 0 unspecified atom stereocenters. The van der Waals surface area contributed by atoms with Crippen molar-refractivity contribution >= 4 is 0 Å². The number of rotatable bonds is 11. The van der Waals surface area contributed by atoms with Gasteiger partial charge in [0.2, 0.25) is 0 Å². The monoisotopic (exact) mass is 407 g/mol. The van der Waals surface area contributed by atoms with E-state index in [9.17, 15) is 0 Å². The van der Waals surface area contributed by atoms with Gasteiger partial charge in [-0.1, -0.05) is 89.7 Å². The van der Waals surface area contributed by atoms with Gasteiger partial charge in [0.05, 0.1) is 11.6 Å². The molecule has 0 bridgehead atoms. The summed E-state index contributed by atoms with van der Waals surface area (Å²) in [7, 11) is 0. The maximum atomic E-state index is 8.93. The Morgan fingerprint density at radius 3 is 1.80 bits per heavy atom. The van der Waals surface area contributed by atoms with Crippen LogP contribution in [0.1, 0.15) is 121 Å². The fourth-order valence-electron chi connectivity index (χ4n) is 6.23. The highest BCUT2D eigenvalue weighted by Gasteiger charge is 2.30. The van der Waals surface area contributed by atoms with Gasteiger partial charge in [0.1, 0.15) is 0 Å². The normalized spacial score (nSPS) is 26.9. The number of nitriles is 1. The Bertz CT molecular complexity index is 609. The molecule has 0 atom stereocenters. The molecule has 0 amide bonds. The molecule has 1 aromatic carbocycles. The van der Waals surface area contributed by atoms with Crippen molar-refractivity contribution in [3.05, 3.63) is 35.4 Å². The van der Waals surface area contributed by atoms with E-state index in [0.717, 1.165) is 29.2 Å². The lowest BCUT2D eigenvalue weighted by Crippen LogP contribution is -2.26. The molecule has 0 heterocycles. The number of unbranched alkanes of at least 4 members (excludes halogenated alkanes) is 5. The molecular formula is C29H45N. The van der Waals surface area contributed by atoms with Gasteiger partial charge < -0.3 is 0 Å². The van der Waals surface area contributed by atoms with Crippen molar-refractivity contribution in [1.82, 2.24) is 0 Å². The molecule has 166 valence electrons. The van der Waals surface area contributed by atoms with Crippen molar-refractivity contribution in [2.45, 2.75) is 116 Å². The summed E-state index contributed by atoms with van der Waals surface area (Å²) in [5.74, 6) is 4.06. The first-order valence-electron chi connectivity index (χ1n) is 13.3. The Kier molecular flexibility index (Phi) is 10.3. The minimum Gasteiger partial charge on any atom is -0.192 e. The van der Waals surface area contributed by atoms with Crippen molar-refractivity contribution in [1.29, 1.82) is 5.26 Å². The third kappa shape index (κ3) is 7.76. The largest absolute Gasteiger partial charge is 0.192 e. The number of aryl methyl sites for hydroxylation is 1. The summed E-state index contributed by atoms with van der Waals surface area (Å²) in [4.78, 5) is 0. The molecule has 0 aromatic heterocycles. The van der Waals surface area contributed by atoms with Crippen LogP contribution >= 0.6 is 0 Å². The first kappa shape index (κ1) is 23.4. The Labute approximate surface area is 186 Å². The molecule has 0 saturated heterocycles. The lowest BCUT2D eigenvalue weighted by Gasteiger charge is -2.38. The third-order valence-electron chi connectivity index (χ3n) is 8.34. The van der Waals surface area contributed by atoms with Gasteiger partial charge in [0.25, 0.3) is 0 Å². The zero-order chi connectivity index (χ0) is 21.0. The summed E-state index contributed by atoms with van der Waals surface area (Å²) >= 11 is 0. The van der Waals surface area contributed by atoms with Crippen LogP contribution in [0.2, 0.25) is 0 Å². The number of benzene rings is 1. The van der Waals surface area contributed by atoms with E-state index < -0.39 is 0 Å². The lowest BCUT2D eigenvalue weighted by molar-refractivity contribution is 0.140. The van der Waals surface area contributed by atoms with Crippen LogP contribution in [-0.2, 0) is 6.42 Å². The Balaban J connectivity index is 1.26. The summed E-state index contributed by atoms with van der Waals surface area (Å²) in [6.07, 6.45) is 24.7. The predicted molar refractivity (Wildman–Crippen MR) is 128 cm³/mol. The van der Waals surface area contributed by atoms with Crippen LogP contribution in [0.3, 0.4) is 0 Å². The smallest absolute Gasteiger partial charge is 0.0991 e. The van der Waals surface area contributed by atoms with Gasteiger partial charge >= 0.3 is 0 Å². The number of nitrogens with zero attached hydrogens (tertiary/aromatic N) is 1. The molecule has 0 aliphatic heterocycles. The number of hydrogen-bond acceptors (Lipinski definition) is 1. The molecule has 2 aliphatic rings. The Hall–Kier alpha value is -1.29. The average molecular weight is 408 g/mol. The van der Waals surface area contributed by atoms with Gasteiger partial charge in [-0.2, -0.15) is 5.26 Å². The van der Waals surface area contributed by atoms with Gasteiger partial charge in [-0.25, -0.2) is 0 Å². The molecule has 2 aliphatic carbocycles. The minimum atomic E-state index is 0.779. The van der Waals surface area contributed by atoms with Gasteiger partial charge in [0, 0.05) is 0 Å². The second kappa shape index (κ2) is 13.2.